The molecule has 1 aromatic carbocycles. The molecule has 2 nitrogen and oxygen atoms in total. The van der Waals surface area contributed by atoms with E-state index in [4.69, 9.17) is 10.7 Å². The zero-order valence-corrected chi connectivity index (χ0v) is 8.50. The van der Waals surface area contributed by atoms with E-state index < -0.39 is 0 Å². The maximum atomic E-state index is 5.20. The molecule has 0 aliphatic heterocycles. The minimum Gasteiger partial charge on any atom is -0.298 e. The quantitative estimate of drug-likeness (QED) is 0.722. The van der Waals surface area contributed by atoms with Gasteiger partial charge in [-0.25, -0.2) is 5.90 Å². The topological polar surface area (TPSA) is 35.2 Å². The Morgan fingerprint density at radius 2 is 1.92 bits per heavy atom. The van der Waals surface area contributed by atoms with E-state index in [1.54, 1.807) is 0 Å². The largest absolute Gasteiger partial charge is 0.298 e. The standard InChI is InChI=1S/C11H17NO/c1-9-6-4-5-7-10(9)8-11(2,3)13-12/h4-7H,8,12H2,1-3H3. The van der Waals surface area contributed by atoms with Crippen molar-refractivity contribution >= 4 is 0 Å². The van der Waals surface area contributed by atoms with Gasteiger partial charge >= 0.3 is 0 Å². The summed E-state index contributed by atoms with van der Waals surface area (Å²) in [5.41, 5.74) is 2.29. The van der Waals surface area contributed by atoms with Crippen LogP contribution in [-0.4, -0.2) is 5.60 Å². The first-order chi connectivity index (χ1) is 6.05. The number of hydrogen-bond acceptors (Lipinski definition) is 2. The molecule has 0 aromatic heterocycles. The summed E-state index contributed by atoms with van der Waals surface area (Å²) in [6.45, 7) is 6.07. The fraction of sp³-hybridized carbons (Fsp3) is 0.455. The molecule has 0 atom stereocenters. The van der Waals surface area contributed by atoms with E-state index >= 15 is 0 Å². The van der Waals surface area contributed by atoms with E-state index in [0.717, 1.165) is 6.42 Å². The van der Waals surface area contributed by atoms with Crippen LogP contribution in [0.25, 0.3) is 0 Å². The van der Waals surface area contributed by atoms with Gasteiger partial charge in [0.1, 0.15) is 0 Å². The summed E-state index contributed by atoms with van der Waals surface area (Å²) < 4.78 is 0. The van der Waals surface area contributed by atoms with Crippen LogP contribution in [0.15, 0.2) is 24.3 Å². The van der Waals surface area contributed by atoms with Crippen LogP contribution in [0.3, 0.4) is 0 Å². The van der Waals surface area contributed by atoms with Gasteiger partial charge in [0, 0.05) is 6.42 Å². The third-order valence-electron chi connectivity index (χ3n) is 2.20. The molecule has 72 valence electrons. The van der Waals surface area contributed by atoms with Gasteiger partial charge in [-0.3, -0.25) is 4.84 Å². The molecule has 0 unspecified atom stereocenters. The van der Waals surface area contributed by atoms with Gasteiger partial charge in [0.25, 0.3) is 0 Å². The minimum absolute atomic E-state index is 0.286. The van der Waals surface area contributed by atoms with Crippen LogP contribution in [0.1, 0.15) is 25.0 Å². The summed E-state index contributed by atoms with van der Waals surface area (Å²) >= 11 is 0. The molecule has 13 heavy (non-hydrogen) atoms. The van der Waals surface area contributed by atoms with Crippen molar-refractivity contribution in [3.63, 3.8) is 0 Å². The Kier molecular flexibility index (Phi) is 3.07. The molecule has 0 saturated heterocycles. The zero-order valence-electron chi connectivity index (χ0n) is 8.50. The van der Waals surface area contributed by atoms with Crippen LogP contribution >= 0.6 is 0 Å². The van der Waals surface area contributed by atoms with Crippen LogP contribution in [0.2, 0.25) is 0 Å². The van der Waals surface area contributed by atoms with Gasteiger partial charge in [0.15, 0.2) is 0 Å². The van der Waals surface area contributed by atoms with Crippen LogP contribution in [0, 0.1) is 6.92 Å². The van der Waals surface area contributed by atoms with E-state index in [1.165, 1.54) is 11.1 Å². The lowest BCUT2D eigenvalue weighted by Gasteiger charge is -2.22. The Labute approximate surface area is 79.7 Å². The predicted octanol–water partition coefficient (Wildman–Crippen LogP) is 2.21. The van der Waals surface area contributed by atoms with E-state index in [2.05, 4.69) is 19.1 Å². The third kappa shape index (κ3) is 2.83. The van der Waals surface area contributed by atoms with Crippen molar-refractivity contribution in [3.05, 3.63) is 35.4 Å². The van der Waals surface area contributed by atoms with Crippen LogP contribution < -0.4 is 5.90 Å². The van der Waals surface area contributed by atoms with Crippen molar-refractivity contribution in [2.45, 2.75) is 32.8 Å². The van der Waals surface area contributed by atoms with Crippen molar-refractivity contribution in [3.8, 4) is 0 Å². The first-order valence-corrected chi connectivity index (χ1v) is 4.47. The van der Waals surface area contributed by atoms with E-state index in [0.29, 0.717) is 0 Å². The Balaban J connectivity index is 2.80. The molecular formula is C11H17NO. The third-order valence-corrected chi connectivity index (χ3v) is 2.20. The van der Waals surface area contributed by atoms with E-state index in [9.17, 15) is 0 Å². The molecule has 1 rings (SSSR count). The maximum Gasteiger partial charge on any atom is 0.0878 e. The SMILES string of the molecule is Cc1ccccc1CC(C)(C)ON. The predicted molar refractivity (Wildman–Crippen MR) is 54.2 cm³/mol. The van der Waals surface area contributed by atoms with Crippen molar-refractivity contribution in [1.82, 2.24) is 0 Å². The molecule has 0 spiro atoms. The lowest BCUT2D eigenvalue weighted by Crippen LogP contribution is -2.30. The highest BCUT2D eigenvalue weighted by Gasteiger charge is 2.18. The van der Waals surface area contributed by atoms with Gasteiger partial charge in [-0.1, -0.05) is 24.3 Å². The lowest BCUT2D eigenvalue weighted by molar-refractivity contribution is -0.0188. The highest BCUT2D eigenvalue weighted by atomic mass is 16.6. The summed E-state index contributed by atoms with van der Waals surface area (Å²) in [5, 5.41) is 0. The average Bonchev–Trinajstić information content (AvgIpc) is 2.09. The van der Waals surface area contributed by atoms with Gasteiger partial charge in [-0.05, 0) is 31.9 Å². The maximum absolute atomic E-state index is 5.20. The monoisotopic (exact) mass is 179 g/mol. The molecule has 2 N–H and O–H groups in total. The second kappa shape index (κ2) is 3.90. The summed E-state index contributed by atoms with van der Waals surface area (Å²) in [7, 11) is 0. The van der Waals surface area contributed by atoms with Crippen molar-refractivity contribution in [1.29, 1.82) is 0 Å². The molecule has 0 radical (unpaired) electrons. The van der Waals surface area contributed by atoms with Gasteiger partial charge in [-0.15, -0.1) is 0 Å². The first kappa shape index (κ1) is 10.2. The van der Waals surface area contributed by atoms with Crippen LogP contribution in [-0.2, 0) is 11.3 Å². The Hall–Kier alpha value is -0.860. The smallest absolute Gasteiger partial charge is 0.0878 e. The Bertz CT molecular complexity index is 281. The van der Waals surface area contributed by atoms with Gasteiger partial charge in [0.2, 0.25) is 0 Å². The lowest BCUT2D eigenvalue weighted by atomic mass is 9.95. The molecule has 0 amide bonds. The van der Waals surface area contributed by atoms with Crippen molar-refractivity contribution in [2.24, 2.45) is 5.90 Å². The summed E-state index contributed by atoms with van der Waals surface area (Å²) in [4.78, 5) is 4.90. The number of aryl methyl sites for hydroxylation is 1. The van der Waals surface area contributed by atoms with Gasteiger partial charge in [-0.2, -0.15) is 0 Å². The molecule has 0 aliphatic rings. The van der Waals surface area contributed by atoms with Crippen molar-refractivity contribution < 1.29 is 4.84 Å². The molecule has 2 heteroatoms. The Morgan fingerprint density at radius 1 is 1.31 bits per heavy atom. The second-order valence-electron chi connectivity index (χ2n) is 3.98. The number of hydrogen-bond donors (Lipinski definition) is 1. The molecule has 0 saturated carbocycles. The van der Waals surface area contributed by atoms with Crippen LogP contribution in [0.4, 0.5) is 0 Å². The molecular weight excluding hydrogens is 162 g/mol. The molecule has 0 heterocycles. The summed E-state index contributed by atoms with van der Waals surface area (Å²) in [6.07, 6.45) is 0.843. The molecule has 0 fully saturated rings. The second-order valence-corrected chi connectivity index (χ2v) is 3.98. The number of benzene rings is 1. The van der Waals surface area contributed by atoms with Gasteiger partial charge < -0.3 is 0 Å². The zero-order chi connectivity index (χ0) is 9.90. The highest BCUT2D eigenvalue weighted by Crippen LogP contribution is 2.17. The van der Waals surface area contributed by atoms with Crippen molar-refractivity contribution in [2.75, 3.05) is 0 Å². The fourth-order valence-corrected chi connectivity index (χ4v) is 1.31. The molecule has 0 aliphatic carbocycles. The summed E-state index contributed by atoms with van der Waals surface area (Å²) in [6, 6.07) is 8.28. The molecule has 0 bridgehead atoms. The Morgan fingerprint density at radius 3 is 2.46 bits per heavy atom. The first-order valence-electron chi connectivity index (χ1n) is 4.47. The highest BCUT2D eigenvalue weighted by molar-refractivity contribution is 5.26. The number of rotatable bonds is 3. The van der Waals surface area contributed by atoms with Crippen LogP contribution in [0.5, 0.6) is 0 Å². The summed E-state index contributed by atoms with van der Waals surface area (Å²) in [5.74, 6) is 5.20. The fourth-order valence-electron chi connectivity index (χ4n) is 1.31. The van der Waals surface area contributed by atoms with E-state index in [1.807, 2.05) is 26.0 Å². The van der Waals surface area contributed by atoms with E-state index in [-0.39, 0.29) is 5.60 Å². The normalized spacial score (nSPS) is 11.7. The average molecular weight is 179 g/mol. The molecule has 1 aromatic rings. The minimum atomic E-state index is -0.286. The number of nitrogens with two attached hydrogens (primary N) is 1. The van der Waals surface area contributed by atoms with Gasteiger partial charge in [0.05, 0.1) is 5.60 Å².